The summed E-state index contributed by atoms with van der Waals surface area (Å²) in [5.74, 6) is 0.629. The van der Waals surface area contributed by atoms with E-state index in [0.717, 1.165) is 17.9 Å². The molecule has 0 fully saturated rings. The highest BCUT2D eigenvalue weighted by atomic mass is 79.9. The lowest BCUT2D eigenvalue weighted by molar-refractivity contribution is 0.317. The van der Waals surface area contributed by atoms with Gasteiger partial charge < -0.3 is 4.74 Å². The lowest BCUT2D eigenvalue weighted by Crippen LogP contribution is -2.17. The highest BCUT2D eigenvalue weighted by Gasteiger charge is 2.08. The Morgan fingerprint density at radius 1 is 1.10 bits per heavy atom. The van der Waals surface area contributed by atoms with E-state index in [1.165, 1.54) is 11.6 Å². The van der Waals surface area contributed by atoms with Crippen molar-refractivity contribution in [2.45, 2.75) is 13.1 Å². The number of hydrogen-bond donors (Lipinski definition) is 0. The molecule has 0 atom stereocenters. The van der Waals surface area contributed by atoms with E-state index in [0.29, 0.717) is 11.0 Å². The molecule has 0 bridgehead atoms. The van der Waals surface area contributed by atoms with Crippen LogP contribution >= 0.6 is 15.9 Å². The zero-order valence-corrected chi connectivity index (χ0v) is 13.2. The van der Waals surface area contributed by atoms with Gasteiger partial charge in [0.05, 0.1) is 11.6 Å². The number of hydrogen-bond acceptors (Lipinski definition) is 2. The summed E-state index contributed by atoms with van der Waals surface area (Å²) in [4.78, 5) is 2.14. The smallest absolute Gasteiger partial charge is 0.137 e. The van der Waals surface area contributed by atoms with Crippen molar-refractivity contribution in [1.82, 2.24) is 4.90 Å². The lowest BCUT2D eigenvalue weighted by Gasteiger charge is -2.18. The van der Waals surface area contributed by atoms with Crippen LogP contribution < -0.4 is 4.74 Å². The highest BCUT2D eigenvalue weighted by molar-refractivity contribution is 9.10. The first kappa shape index (κ1) is 15.0. The largest absolute Gasteiger partial charge is 0.497 e. The summed E-state index contributed by atoms with van der Waals surface area (Å²) in [6, 6.07) is 13.1. The molecule has 0 amide bonds. The third-order valence-corrected chi connectivity index (χ3v) is 3.97. The molecule has 106 valence electrons. The molecular formula is C16H17BrFNO. The molecule has 0 aliphatic carbocycles. The zero-order valence-electron chi connectivity index (χ0n) is 11.6. The molecule has 20 heavy (non-hydrogen) atoms. The fourth-order valence-corrected chi connectivity index (χ4v) is 2.45. The van der Waals surface area contributed by atoms with Gasteiger partial charge in [-0.1, -0.05) is 24.3 Å². The molecule has 0 radical (unpaired) electrons. The van der Waals surface area contributed by atoms with Gasteiger partial charge in [-0.2, -0.15) is 0 Å². The third kappa shape index (κ3) is 3.81. The van der Waals surface area contributed by atoms with Crippen molar-refractivity contribution in [2.75, 3.05) is 14.2 Å². The summed E-state index contributed by atoms with van der Waals surface area (Å²) >= 11 is 3.29. The number of rotatable bonds is 5. The van der Waals surface area contributed by atoms with Crippen molar-refractivity contribution in [3.8, 4) is 5.75 Å². The normalized spacial score (nSPS) is 10.8. The van der Waals surface area contributed by atoms with E-state index >= 15 is 0 Å². The van der Waals surface area contributed by atoms with Crippen LogP contribution in [-0.4, -0.2) is 19.1 Å². The zero-order chi connectivity index (χ0) is 14.5. The molecule has 0 saturated carbocycles. The third-order valence-electron chi connectivity index (χ3n) is 3.08. The average molecular weight is 338 g/mol. The van der Waals surface area contributed by atoms with Crippen LogP contribution in [0.25, 0.3) is 0 Å². The van der Waals surface area contributed by atoms with Gasteiger partial charge in [-0.15, -0.1) is 0 Å². The van der Waals surface area contributed by atoms with E-state index in [-0.39, 0.29) is 5.82 Å². The van der Waals surface area contributed by atoms with Crippen LogP contribution in [-0.2, 0) is 13.1 Å². The fourth-order valence-electron chi connectivity index (χ4n) is 2.06. The first-order chi connectivity index (χ1) is 9.60. The van der Waals surface area contributed by atoms with Crippen molar-refractivity contribution < 1.29 is 9.13 Å². The maximum atomic E-state index is 13.5. The first-order valence-electron chi connectivity index (χ1n) is 6.34. The van der Waals surface area contributed by atoms with Gasteiger partial charge in [-0.3, -0.25) is 4.90 Å². The van der Waals surface area contributed by atoms with Crippen LogP contribution in [0.4, 0.5) is 4.39 Å². The van der Waals surface area contributed by atoms with E-state index < -0.39 is 0 Å². The second-order valence-corrected chi connectivity index (χ2v) is 5.53. The van der Waals surface area contributed by atoms with Crippen LogP contribution in [0, 0.1) is 5.82 Å². The van der Waals surface area contributed by atoms with Crippen LogP contribution in [0.3, 0.4) is 0 Å². The molecule has 0 N–H and O–H groups in total. The van der Waals surface area contributed by atoms with E-state index in [2.05, 4.69) is 20.8 Å². The molecule has 2 aromatic rings. The van der Waals surface area contributed by atoms with Gasteiger partial charge >= 0.3 is 0 Å². The highest BCUT2D eigenvalue weighted by Crippen LogP contribution is 2.22. The number of nitrogens with zero attached hydrogens (tertiary/aromatic N) is 1. The monoisotopic (exact) mass is 337 g/mol. The lowest BCUT2D eigenvalue weighted by atomic mass is 10.1. The van der Waals surface area contributed by atoms with Crippen LogP contribution in [0.1, 0.15) is 11.1 Å². The van der Waals surface area contributed by atoms with Gasteiger partial charge in [0.15, 0.2) is 0 Å². The van der Waals surface area contributed by atoms with Crippen LogP contribution in [0.15, 0.2) is 46.9 Å². The number of ether oxygens (including phenoxy) is 1. The minimum Gasteiger partial charge on any atom is -0.497 e. The van der Waals surface area contributed by atoms with Crippen LogP contribution in [0.2, 0.25) is 0 Å². The fraction of sp³-hybridized carbons (Fsp3) is 0.250. The van der Waals surface area contributed by atoms with Gasteiger partial charge in [-0.25, -0.2) is 4.39 Å². The van der Waals surface area contributed by atoms with E-state index in [1.807, 2.05) is 37.4 Å². The predicted molar refractivity (Wildman–Crippen MR) is 82.3 cm³/mol. The van der Waals surface area contributed by atoms with Gasteiger partial charge in [-0.05, 0) is 52.3 Å². The summed E-state index contributed by atoms with van der Waals surface area (Å²) in [6.45, 7) is 1.48. The quantitative estimate of drug-likeness (QED) is 0.809. The van der Waals surface area contributed by atoms with Crippen molar-refractivity contribution >= 4 is 15.9 Å². The first-order valence-corrected chi connectivity index (χ1v) is 7.14. The summed E-state index contributed by atoms with van der Waals surface area (Å²) in [6.07, 6.45) is 0. The molecular weight excluding hydrogens is 321 g/mol. The molecule has 0 aromatic heterocycles. The number of methoxy groups -OCH3 is 1. The molecule has 4 heteroatoms. The van der Waals surface area contributed by atoms with Crippen molar-refractivity contribution in [3.63, 3.8) is 0 Å². The van der Waals surface area contributed by atoms with Crippen molar-refractivity contribution in [2.24, 2.45) is 0 Å². The molecule has 0 aliphatic rings. The topological polar surface area (TPSA) is 12.5 Å². The number of benzene rings is 2. The molecule has 2 nitrogen and oxygen atoms in total. The molecule has 0 saturated heterocycles. The van der Waals surface area contributed by atoms with Gasteiger partial charge in [0.2, 0.25) is 0 Å². The predicted octanol–water partition coefficient (Wildman–Crippen LogP) is 4.23. The molecule has 2 aromatic carbocycles. The molecule has 0 spiro atoms. The van der Waals surface area contributed by atoms with Crippen molar-refractivity contribution in [1.29, 1.82) is 0 Å². The Labute approximate surface area is 127 Å². The average Bonchev–Trinajstić information content (AvgIpc) is 2.45. The Morgan fingerprint density at radius 3 is 2.45 bits per heavy atom. The minimum absolute atomic E-state index is 0.222. The SMILES string of the molecule is COc1ccc(CN(C)Cc2cccc(F)c2Br)cc1. The molecule has 2 rings (SSSR count). The Bertz CT molecular complexity index is 571. The Morgan fingerprint density at radius 2 is 1.80 bits per heavy atom. The standard InChI is InChI=1S/C16H17BrFNO/c1-19(10-12-6-8-14(20-2)9-7-12)11-13-4-3-5-15(18)16(13)17/h3-9H,10-11H2,1-2H3. The summed E-state index contributed by atoms with van der Waals surface area (Å²) in [7, 11) is 3.67. The second kappa shape index (κ2) is 6.86. The minimum atomic E-state index is -0.222. The maximum absolute atomic E-state index is 13.5. The van der Waals surface area contributed by atoms with E-state index in [1.54, 1.807) is 13.2 Å². The van der Waals surface area contributed by atoms with E-state index in [4.69, 9.17) is 4.74 Å². The number of halogens is 2. The van der Waals surface area contributed by atoms with Crippen molar-refractivity contribution in [3.05, 3.63) is 63.9 Å². The summed E-state index contributed by atoms with van der Waals surface area (Å²) in [5.41, 5.74) is 2.14. The molecule has 0 unspecified atom stereocenters. The van der Waals surface area contributed by atoms with Gasteiger partial charge in [0, 0.05) is 13.1 Å². The summed E-state index contributed by atoms with van der Waals surface area (Å²) in [5, 5.41) is 0. The van der Waals surface area contributed by atoms with E-state index in [9.17, 15) is 4.39 Å². The molecule has 0 heterocycles. The maximum Gasteiger partial charge on any atom is 0.137 e. The summed E-state index contributed by atoms with van der Waals surface area (Å²) < 4.78 is 19.1. The van der Waals surface area contributed by atoms with Gasteiger partial charge in [0.25, 0.3) is 0 Å². The van der Waals surface area contributed by atoms with Crippen LogP contribution in [0.5, 0.6) is 5.75 Å². The van der Waals surface area contributed by atoms with Gasteiger partial charge in [0.1, 0.15) is 11.6 Å². The Balaban J connectivity index is 2.01. The Hall–Kier alpha value is -1.39. The second-order valence-electron chi connectivity index (χ2n) is 4.73. The Kier molecular flexibility index (Phi) is 5.15. The molecule has 0 aliphatic heterocycles.